The maximum atomic E-state index is 12.2. The minimum atomic E-state index is -0.805. The largest absolute Gasteiger partial charge is 0.350 e. The first-order valence-corrected chi connectivity index (χ1v) is 12.3. The molecule has 1 aromatic rings. The molecule has 1 saturated carbocycles. The smallest absolute Gasteiger partial charge is 0.319 e. The molecule has 5 fully saturated rings. The maximum absolute atomic E-state index is 12.2. The summed E-state index contributed by atoms with van der Waals surface area (Å²) < 4.78 is 18.8. The molecule has 33 heavy (non-hydrogen) atoms. The second-order valence-corrected chi connectivity index (χ2v) is 10.4. The molecule has 4 heterocycles. The van der Waals surface area contributed by atoms with Crippen molar-refractivity contribution in [3.63, 3.8) is 0 Å². The molecule has 6 rings (SSSR count). The predicted octanol–water partition coefficient (Wildman–Crippen LogP) is 4.69. The molecule has 2 amide bonds. The van der Waals surface area contributed by atoms with Gasteiger partial charge in [-0.1, -0.05) is 37.6 Å². The number of nitrogens with one attached hydrogen (secondary N) is 2. The van der Waals surface area contributed by atoms with Crippen molar-refractivity contribution in [2.45, 2.75) is 70.4 Å². The normalized spacial score (nSPS) is 41.7. The Bertz CT molecular complexity index is 888. The van der Waals surface area contributed by atoms with Crippen molar-refractivity contribution >= 4 is 23.3 Å². The van der Waals surface area contributed by atoms with E-state index in [0.717, 1.165) is 25.7 Å². The molecule has 0 aromatic heterocycles. The van der Waals surface area contributed by atoms with Gasteiger partial charge >= 0.3 is 6.03 Å². The summed E-state index contributed by atoms with van der Waals surface area (Å²) in [5, 5.41) is 6.02. The highest BCUT2D eigenvalue weighted by Crippen LogP contribution is 2.60. The number of ether oxygens (including phenoxy) is 3. The zero-order valence-corrected chi connectivity index (χ0v) is 20.1. The minimum absolute atomic E-state index is 0.0999. The molecule has 8 atom stereocenters. The fourth-order valence-electron chi connectivity index (χ4n) is 6.13. The molecule has 8 nitrogen and oxygen atoms in total. The van der Waals surface area contributed by atoms with Gasteiger partial charge in [-0.25, -0.2) is 14.6 Å². The summed E-state index contributed by atoms with van der Waals surface area (Å²) in [6.45, 7) is 7.00. The average molecular weight is 481 g/mol. The van der Waals surface area contributed by atoms with Crippen molar-refractivity contribution in [3.05, 3.63) is 29.3 Å². The number of carbonyl (C=O) groups is 1. The molecule has 4 saturated heterocycles. The van der Waals surface area contributed by atoms with E-state index < -0.39 is 24.0 Å². The van der Waals surface area contributed by atoms with E-state index in [2.05, 4.69) is 24.5 Å². The van der Waals surface area contributed by atoms with Crippen molar-refractivity contribution in [2.24, 2.45) is 23.7 Å². The van der Waals surface area contributed by atoms with Gasteiger partial charge in [0.15, 0.2) is 18.2 Å². The van der Waals surface area contributed by atoms with Crippen LogP contribution in [0.5, 0.6) is 0 Å². The highest BCUT2D eigenvalue weighted by Gasteiger charge is 2.69. The number of hydrogen-bond donors (Lipinski definition) is 2. The summed E-state index contributed by atoms with van der Waals surface area (Å²) in [5.74, 6) is 0.347. The molecule has 0 unspecified atom stereocenters. The number of amides is 2. The number of para-hydroxylation sites is 1. The molecule has 182 valence electrons. The minimum Gasteiger partial charge on any atom is -0.350 e. The third kappa shape index (κ3) is 4.15. The first-order valence-electron chi connectivity index (χ1n) is 11.9. The fourth-order valence-corrected chi connectivity index (χ4v) is 6.31. The molecule has 2 N–H and O–H groups in total. The highest BCUT2D eigenvalue weighted by molar-refractivity contribution is 6.33. The Balaban J connectivity index is 1.20. The van der Waals surface area contributed by atoms with E-state index in [1.54, 1.807) is 12.1 Å². The monoisotopic (exact) mass is 480 g/mol. The number of halogens is 1. The SMILES string of the molecule is C[C@H]1[C@@H](OCCNC(=O)Nc2ccccc2Cl)O[C@@H]2O[C@]3(C)CC[C@H]4[C@H](C)CC[C@@H]1[C@@]24OO3. The van der Waals surface area contributed by atoms with Crippen molar-refractivity contribution in [1.82, 2.24) is 5.32 Å². The lowest BCUT2D eigenvalue weighted by atomic mass is 9.58. The topological polar surface area (TPSA) is 87.3 Å². The van der Waals surface area contributed by atoms with Crippen molar-refractivity contribution in [1.29, 1.82) is 0 Å². The predicted molar refractivity (Wildman–Crippen MR) is 121 cm³/mol. The van der Waals surface area contributed by atoms with Crippen LogP contribution in [-0.4, -0.2) is 43.2 Å². The Morgan fingerprint density at radius 2 is 2.00 bits per heavy atom. The van der Waals surface area contributed by atoms with E-state index >= 15 is 0 Å². The first kappa shape index (κ1) is 23.3. The summed E-state index contributed by atoms with van der Waals surface area (Å²) >= 11 is 6.09. The van der Waals surface area contributed by atoms with Crippen molar-refractivity contribution < 1.29 is 28.8 Å². The Morgan fingerprint density at radius 1 is 1.18 bits per heavy atom. The summed E-state index contributed by atoms with van der Waals surface area (Å²) in [6, 6.07) is 6.76. The number of urea groups is 1. The van der Waals surface area contributed by atoms with Crippen LogP contribution in [0.3, 0.4) is 0 Å². The lowest BCUT2D eigenvalue weighted by molar-refractivity contribution is -0.577. The van der Waals surface area contributed by atoms with Crippen LogP contribution in [0.1, 0.15) is 46.5 Å². The molecule has 1 spiro atoms. The molecule has 9 heteroatoms. The van der Waals surface area contributed by atoms with Crippen LogP contribution in [0.2, 0.25) is 5.02 Å². The summed E-state index contributed by atoms with van der Waals surface area (Å²) in [4.78, 5) is 24.2. The Labute approximate surface area is 199 Å². The lowest BCUT2D eigenvalue weighted by Gasteiger charge is -2.60. The summed E-state index contributed by atoms with van der Waals surface area (Å²) in [6.07, 6.45) is 2.96. The van der Waals surface area contributed by atoms with Crippen LogP contribution in [0, 0.1) is 23.7 Å². The van der Waals surface area contributed by atoms with Gasteiger partial charge in [0.25, 0.3) is 0 Å². The Morgan fingerprint density at radius 3 is 2.82 bits per heavy atom. The van der Waals surface area contributed by atoms with E-state index in [1.165, 1.54) is 0 Å². The first-order chi connectivity index (χ1) is 15.8. The van der Waals surface area contributed by atoms with Crippen LogP contribution < -0.4 is 10.6 Å². The lowest BCUT2D eigenvalue weighted by Crippen LogP contribution is -2.70. The molecular weight excluding hydrogens is 448 g/mol. The number of hydrogen-bond acceptors (Lipinski definition) is 6. The van der Waals surface area contributed by atoms with Crippen LogP contribution >= 0.6 is 11.6 Å². The van der Waals surface area contributed by atoms with Crippen LogP contribution in [0.25, 0.3) is 0 Å². The number of carbonyl (C=O) groups excluding carboxylic acids is 1. The molecule has 2 bridgehead atoms. The third-order valence-corrected chi connectivity index (χ3v) is 8.22. The number of rotatable bonds is 5. The van der Waals surface area contributed by atoms with Gasteiger partial charge in [0.05, 0.1) is 17.3 Å². The zero-order valence-electron chi connectivity index (χ0n) is 19.3. The molecule has 4 aliphatic heterocycles. The van der Waals surface area contributed by atoms with Crippen molar-refractivity contribution in [3.8, 4) is 0 Å². The number of fused-ring (bicyclic) bond motifs is 2. The van der Waals surface area contributed by atoms with E-state index in [1.807, 2.05) is 19.1 Å². The maximum Gasteiger partial charge on any atom is 0.319 e. The van der Waals surface area contributed by atoms with Crippen LogP contribution in [-0.2, 0) is 24.0 Å². The molecule has 1 aliphatic carbocycles. The Kier molecular flexibility index (Phi) is 6.35. The van der Waals surface area contributed by atoms with Crippen LogP contribution in [0.15, 0.2) is 24.3 Å². The summed E-state index contributed by atoms with van der Waals surface area (Å²) in [7, 11) is 0. The third-order valence-electron chi connectivity index (χ3n) is 7.89. The zero-order chi connectivity index (χ0) is 23.2. The number of benzene rings is 1. The quantitative estimate of drug-likeness (QED) is 0.469. The highest BCUT2D eigenvalue weighted by atomic mass is 35.5. The van der Waals surface area contributed by atoms with Gasteiger partial charge in [0.1, 0.15) is 0 Å². The van der Waals surface area contributed by atoms with E-state index in [0.29, 0.717) is 35.7 Å². The van der Waals surface area contributed by atoms with Gasteiger partial charge in [-0.3, -0.25) is 0 Å². The molecule has 0 radical (unpaired) electrons. The standard InChI is InChI=1S/C24H33ClN2O6/c1-14-8-9-17-15(2)20(29-13-12-26-22(28)27-19-7-5-4-6-18(19)25)30-21-24(17)16(14)10-11-23(3,31-21)32-33-24/h4-7,14-17,20-21H,8-13H2,1-3H3,(H2,26,27,28)/t14-,15-,16+,17+,20+,21-,23+,24-/m1/s1. The van der Waals surface area contributed by atoms with Gasteiger partial charge in [-0.15, -0.1) is 0 Å². The molecule has 1 aromatic carbocycles. The average Bonchev–Trinajstić information content (AvgIpc) is 3.02. The van der Waals surface area contributed by atoms with Gasteiger partial charge in [0.2, 0.25) is 5.79 Å². The van der Waals surface area contributed by atoms with Gasteiger partial charge in [0, 0.05) is 24.8 Å². The van der Waals surface area contributed by atoms with Gasteiger partial charge in [-0.05, 0) is 50.2 Å². The second kappa shape index (κ2) is 8.98. The van der Waals surface area contributed by atoms with Crippen LogP contribution in [0.4, 0.5) is 10.5 Å². The van der Waals surface area contributed by atoms with E-state index in [9.17, 15) is 4.79 Å². The summed E-state index contributed by atoms with van der Waals surface area (Å²) in [5.41, 5.74) is -0.0375. The fraction of sp³-hybridized carbons (Fsp3) is 0.708. The van der Waals surface area contributed by atoms with E-state index in [4.69, 9.17) is 35.6 Å². The second-order valence-electron chi connectivity index (χ2n) is 10.0. The van der Waals surface area contributed by atoms with Gasteiger partial charge in [-0.2, -0.15) is 0 Å². The van der Waals surface area contributed by atoms with Crippen molar-refractivity contribution in [2.75, 3.05) is 18.5 Å². The Hall–Kier alpha value is -1.42. The number of anilines is 1. The molecule has 5 aliphatic rings. The van der Waals surface area contributed by atoms with E-state index in [-0.39, 0.29) is 17.9 Å². The van der Waals surface area contributed by atoms with Gasteiger partial charge < -0.3 is 24.8 Å². The molecular formula is C24H33ClN2O6.